The number of hydrogen-bond acceptors (Lipinski definition) is 30. The smallest absolute Gasteiger partial charge is 0.348 e. The van der Waals surface area contributed by atoms with E-state index in [9.17, 15) is 58.8 Å². The first-order valence-corrected chi connectivity index (χ1v) is 41.3. The van der Waals surface area contributed by atoms with Gasteiger partial charge in [0.05, 0.1) is 88.0 Å². The lowest BCUT2D eigenvalue weighted by atomic mass is 10.0. The van der Waals surface area contributed by atoms with E-state index < -0.39 is 35.3 Å². The minimum atomic E-state index is -0.594. The number of aromatic hydroxyl groups is 4. The second kappa shape index (κ2) is 41.6. The van der Waals surface area contributed by atoms with Gasteiger partial charge in [0.1, 0.15) is 49.2 Å². The molecule has 0 aliphatic rings. The maximum Gasteiger partial charge on any atom is 0.348 e. The molecule has 652 valence electrons. The van der Waals surface area contributed by atoms with Gasteiger partial charge in [-0.15, -0.1) is 63.6 Å². The topological polar surface area (TPSA) is 481 Å². The lowest BCUT2D eigenvalue weighted by Crippen LogP contribution is -2.13. The molecule has 0 saturated carbocycles. The predicted octanol–water partition coefficient (Wildman–Crippen LogP) is 23.2. The van der Waals surface area contributed by atoms with Crippen molar-refractivity contribution in [1.82, 2.24) is 29.7 Å². The van der Waals surface area contributed by atoms with Crippen LogP contribution in [-0.2, 0) is 11.3 Å². The van der Waals surface area contributed by atoms with Crippen molar-refractivity contribution in [3.8, 4) is 28.9 Å². The lowest BCUT2D eigenvalue weighted by molar-refractivity contribution is 0.0604. The highest BCUT2D eigenvalue weighted by Crippen LogP contribution is 2.47. The number of nitrogens with zero attached hydrogens (tertiary/aromatic N) is 15. The Labute approximate surface area is 760 Å². The number of carbonyl (C=O) groups excluding carboxylic acids is 8. The highest BCUT2D eigenvalue weighted by molar-refractivity contribution is 7.18. The van der Waals surface area contributed by atoms with Crippen LogP contribution < -0.4 is 21.3 Å². The number of thiophene rings is 2. The molecular formula is C95H68ClN19O15S2. The molecule has 37 heteroatoms. The first kappa shape index (κ1) is 90.5. The average molecular weight is 1820 g/mol. The molecule has 0 fully saturated rings. The molecule has 9 N–H and O–H groups in total. The number of amides is 4. The number of aryl methyl sites for hydroxylation is 1. The SMILES string of the molecule is COC(=O)c1sc(N=Nc2c(O)c(C(=O)Nc3ccccc3Cl)cc3ccccc23)c(C=O)c1C.Cc1oc(N=Nc2c(O)c(C(=O)Nc3ccccn3)cc3ccccc23)c(C=O)c1C.O=Cc1ccsc1N=Nc1c(O)c(C(=O)Nc2ccc(CO)cc2)cc2ccccc12.[C-]#[N+]c1cnn(-c2ncccn2)c1N=Nc1c(O)c(C(=O)Nc2cccnc2)cc2ccccc12. The number of aliphatic hydroxyl groups excluding tert-OH is 1. The Bertz CT molecular complexity index is 7510. The summed E-state index contributed by atoms with van der Waals surface area (Å²) < 4.78 is 11.5. The Morgan fingerprint density at radius 1 is 0.508 bits per heavy atom. The van der Waals surface area contributed by atoms with Gasteiger partial charge < -0.3 is 56.0 Å². The van der Waals surface area contributed by atoms with Gasteiger partial charge in [0.2, 0.25) is 5.88 Å². The Balaban J connectivity index is 0.000000142. The Kier molecular flexibility index (Phi) is 28.5. The Morgan fingerprint density at radius 2 is 1.00 bits per heavy atom. The fraction of sp³-hybridized carbons (Fsp3) is 0.0526. The van der Waals surface area contributed by atoms with Crippen LogP contribution in [0.5, 0.6) is 23.0 Å². The van der Waals surface area contributed by atoms with E-state index in [0.29, 0.717) is 117 Å². The number of azo groups is 4. The van der Waals surface area contributed by atoms with Gasteiger partial charge in [-0.3, -0.25) is 38.5 Å². The van der Waals surface area contributed by atoms with Crippen LogP contribution in [0.25, 0.3) is 53.9 Å². The number of esters is 1. The molecule has 0 aliphatic carbocycles. The summed E-state index contributed by atoms with van der Waals surface area (Å²) in [5.74, 6) is -2.97. The second-order valence-electron chi connectivity index (χ2n) is 28.0. The molecule has 10 aromatic carbocycles. The summed E-state index contributed by atoms with van der Waals surface area (Å²) in [6.07, 6.45) is 10.9. The predicted molar refractivity (Wildman–Crippen MR) is 498 cm³/mol. The van der Waals surface area contributed by atoms with Gasteiger partial charge in [0.25, 0.3) is 35.3 Å². The second-order valence-corrected chi connectivity index (χ2v) is 30.3. The van der Waals surface area contributed by atoms with Gasteiger partial charge >= 0.3 is 5.97 Å². The van der Waals surface area contributed by atoms with Crippen LogP contribution in [0.4, 0.5) is 73.0 Å². The van der Waals surface area contributed by atoms with E-state index in [-0.39, 0.29) is 113 Å². The molecule has 0 atom stereocenters. The molecule has 4 amide bonds. The van der Waals surface area contributed by atoms with Crippen molar-refractivity contribution >= 4 is 199 Å². The minimum Gasteiger partial charge on any atom is -0.505 e. The third-order valence-corrected chi connectivity index (χ3v) is 22.2. The summed E-state index contributed by atoms with van der Waals surface area (Å²) in [6, 6.07) is 60.0. The number of aldehydes is 3. The Hall–Kier alpha value is -17.8. The molecule has 132 heavy (non-hydrogen) atoms. The number of phenols is 4. The van der Waals surface area contributed by atoms with Crippen LogP contribution in [0.2, 0.25) is 5.02 Å². The summed E-state index contributed by atoms with van der Waals surface area (Å²) in [5.41, 5.74) is 4.55. The number of para-hydroxylation sites is 1. The summed E-state index contributed by atoms with van der Waals surface area (Å²) in [7, 11) is 1.24. The number of aliphatic hydroxyl groups is 1. The van der Waals surface area contributed by atoms with Gasteiger partial charge in [0.15, 0.2) is 47.7 Å². The van der Waals surface area contributed by atoms with E-state index in [0.717, 1.165) is 16.9 Å². The van der Waals surface area contributed by atoms with Crippen molar-refractivity contribution < 1.29 is 73.0 Å². The summed E-state index contributed by atoms with van der Waals surface area (Å²) >= 11 is 8.34. The van der Waals surface area contributed by atoms with Crippen LogP contribution in [-0.4, -0.2) is 111 Å². The molecule has 0 aliphatic heterocycles. The van der Waals surface area contributed by atoms with Crippen LogP contribution in [0.15, 0.2) is 300 Å². The average Bonchev–Trinajstić information content (AvgIpc) is 0.862. The summed E-state index contributed by atoms with van der Waals surface area (Å²) in [4.78, 5) is 118. The van der Waals surface area contributed by atoms with Crippen LogP contribution in [0.1, 0.15) is 105 Å². The molecule has 7 heterocycles. The van der Waals surface area contributed by atoms with Crippen LogP contribution in [0.3, 0.4) is 0 Å². The number of furan rings is 1. The van der Waals surface area contributed by atoms with Crippen molar-refractivity contribution in [2.45, 2.75) is 27.4 Å². The van der Waals surface area contributed by atoms with Crippen LogP contribution >= 0.6 is 34.3 Å². The number of halogens is 1. The third kappa shape index (κ3) is 20.2. The molecule has 0 saturated heterocycles. The molecule has 0 bridgehead atoms. The number of methoxy groups -OCH3 is 1. The van der Waals surface area contributed by atoms with Crippen molar-refractivity contribution in [3.63, 3.8) is 0 Å². The summed E-state index contributed by atoms with van der Waals surface area (Å²) in [5, 5.41) is 109. The van der Waals surface area contributed by atoms with Gasteiger partial charge in [0, 0.05) is 57.6 Å². The van der Waals surface area contributed by atoms with E-state index in [1.165, 1.54) is 54.0 Å². The number of fused-ring (bicyclic) bond motifs is 4. The number of carbonyl (C=O) groups is 8. The fourth-order valence-corrected chi connectivity index (χ4v) is 14.9. The number of pyridine rings is 2. The normalized spacial score (nSPS) is 11.1. The fourth-order valence-electron chi connectivity index (χ4n) is 13.0. The molecule has 17 rings (SSSR count). The monoisotopic (exact) mass is 1810 g/mol. The first-order valence-electron chi connectivity index (χ1n) is 39.2. The van der Waals surface area contributed by atoms with Gasteiger partial charge in [-0.25, -0.2) is 24.6 Å². The van der Waals surface area contributed by atoms with Gasteiger partial charge in [-0.1, -0.05) is 139 Å². The number of aromatic nitrogens is 6. The van der Waals surface area contributed by atoms with Gasteiger partial charge in [-0.2, -0.15) is 9.78 Å². The molecule has 0 unspecified atom stereocenters. The number of benzene rings is 10. The van der Waals surface area contributed by atoms with Gasteiger partial charge in [-0.05, 0) is 144 Å². The van der Waals surface area contributed by atoms with Crippen molar-refractivity contribution in [2.24, 2.45) is 40.9 Å². The number of anilines is 4. The first-order chi connectivity index (χ1) is 64.1. The maximum absolute atomic E-state index is 13.0. The van der Waals surface area contributed by atoms with Crippen LogP contribution in [0, 0.1) is 27.3 Å². The number of phenolic OH excluding ortho intramolecular Hbond substituents is 4. The van der Waals surface area contributed by atoms with E-state index in [1.807, 2.05) is 24.3 Å². The van der Waals surface area contributed by atoms with Crippen molar-refractivity contribution in [2.75, 3.05) is 28.4 Å². The van der Waals surface area contributed by atoms with E-state index in [2.05, 4.69) is 92.1 Å². The molecule has 0 spiro atoms. The highest BCUT2D eigenvalue weighted by atomic mass is 35.5. The molecule has 17 aromatic rings. The molecule has 0 radical (unpaired) electrons. The van der Waals surface area contributed by atoms with E-state index in [4.69, 9.17) is 32.4 Å². The van der Waals surface area contributed by atoms with E-state index in [1.54, 1.807) is 221 Å². The zero-order chi connectivity index (χ0) is 93.1. The largest absolute Gasteiger partial charge is 0.505 e. The standard InChI is InChI=1S/C25H18ClN3O5S.C24H15N9O2.C23H18N4O4.C23H17N3O4S/c1-13-17(12-30)24(35-22(13)25(33)34-2)29-28-20-15-8-4-3-7-14(15)11-16(21(20)31)23(32)27-19-10-6-5-9-18(19)26;1-25-19-14-29-33(24-27-10-5-11-28-24)22(19)32-31-20-17-8-3-2-6-15(17)12-18(21(20)34)23(35)30-16-7-4-9-26-13-16;1-13-14(2)31-23(18(13)12-28)27-26-20-16-8-4-3-7-15(16)11-17(21(20)29)22(30)25-19-9-5-6-10-24-19;27-12-14-5-7-17(8-6-14)24-22(30)19-11-15-3-1-2-4-18(15)20(21(19)29)25-26-23-16(13-28)9-10-31-23/h3-12,31H,1-2H3,(H,27,32);2-14,34H,(H,30,35);3-12,29H,1-2H3,(H,24,25,30);1-11,13,27,29H,12H2,(H,24,30). The third-order valence-electron chi connectivity index (χ3n) is 19.8. The lowest BCUT2D eigenvalue weighted by Gasteiger charge is -2.11. The quantitative estimate of drug-likeness (QED) is 0.0132. The minimum absolute atomic E-state index is 0.00630. The number of hydrogen-bond donors (Lipinski definition) is 9. The number of ether oxygens (including phenoxy) is 1. The molecular weight excluding hydrogens is 1750 g/mol. The maximum atomic E-state index is 13.0. The Morgan fingerprint density at radius 3 is 1.50 bits per heavy atom. The molecule has 7 aromatic heterocycles. The number of nitrogens with one attached hydrogen (secondary N) is 4. The van der Waals surface area contributed by atoms with Crippen molar-refractivity contribution in [1.29, 1.82) is 0 Å². The summed E-state index contributed by atoms with van der Waals surface area (Å²) in [6.45, 7) is 12.4. The molecule has 34 nitrogen and oxygen atoms in total. The highest BCUT2D eigenvalue weighted by Gasteiger charge is 2.27. The van der Waals surface area contributed by atoms with Crippen molar-refractivity contribution in [3.05, 3.63) is 338 Å². The zero-order valence-electron chi connectivity index (χ0n) is 69.4. The number of rotatable bonds is 22. The van der Waals surface area contributed by atoms with E-state index >= 15 is 0 Å². The zero-order valence-corrected chi connectivity index (χ0v) is 71.8.